The number of furan rings is 1. The van der Waals surface area contributed by atoms with Crippen molar-refractivity contribution in [2.45, 2.75) is 150 Å². The van der Waals surface area contributed by atoms with Gasteiger partial charge in [0.05, 0.1) is 6.95 Å². The van der Waals surface area contributed by atoms with Crippen LogP contribution < -0.4 is 0 Å². The zero-order valence-corrected chi connectivity index (χ0v) is 43.0. The molecule has 2 aliphatic rings. The number of fused-ring (bicyclic) bond motifs is 4. The van der Waals surface area contributed by atoms with Crippen LogP contribution in [0.5, 0.6) is 0 Å². The van der Waals surface area contributed by atoms with Gasteiger partial charge in [-0.2, -0.15) is 0 Å². The van der Waals surface area contributed by atoms with Crippen molar-refractivity contribution in [1.29, 1.82) is 0 Å². The molecule has 0 unspecified atom stereocenters. The van der Waals surface area contributed by atoms with E-state index in [4.69, 9.17) is 22.2 Å². The Hall–Kier alpha value is -5.22. The van der Waals surface area contributed by atoms with Crippen LogP contribution in [0, 0.1) is 45.0 Å². The number of nitrogens with zero attached hydrogens (tertiary/aromatic N) is 3. The van der Waals surface area contributed by atoms with Crippen molar-refractivity contribution < 1.29 is 43.7 Å². The molecular formula is C63H69IrN3O-2. The van der Waals surface area contributed by atoms with E-state index in [-0.39, 0.29) is 92.7 Å². The zero-order chi connectivity index (χ0) is 59.4. The molecule has 4 nitrogen and oxygen atoms in total. The number of pyridine rings is 3. The first-order valence-electron chi connectivity index (χ1n) is 30.4. The number of aromatic nitrogens is 3. The first kappa shape index (κ1) is 34.1. The Balaban J connectivity index is 0.000000223. The molecule has 0 spiro atoms. The van der Waals surface area contributed by atoms with Crippen molar-refractivity contribution in [3.05, 3.63) is 160 Å². The summed E-state index contributed by atoms with van der Waals surface area (Å²) in [5.41, 5.74) is 8.43. The molecule has 4 heterocycles. The summed E-state index contributed by atoms with van der Waals surface area (Å²) in [6, 6.07) is 31.0. The summed E-state index contributed by atoms with van der Waals surface area (Å²) in [7, 11) is 0. The van der Waals surface area contributed by atoms with E-state index >= 15 is 0 Å². The molecule has 68 heavy (non-hydrogen) atoms. The monoisotopic (exact) mass is 1090 g/mol. The van der Waals surface area contributed by atoms with E-state index < -0.39 is 33.3 Å². The second-order valence-electron chi connectivity index (χ2n) is 21.7. The van der Waals surface area contributed by atoms with E-state index in [9.17, 15) is 1.37 Å². The standard InChI is InChI=1S/C33H33N2O.C30H36N.Ir/c1-20-17-24(23-13-15-33(4,5)16-14-23)10-12-25(20)29-18-30(34-19-21(29)2)28-8-6-7-26-27-11-9-22(3)35-32(27)36-31(26)28;1-20-9-10-22(27-14-12-23(19-31-27)28(2,3)4)17-24(20)21-11-13-25-26(18-21)30(7,8)16-15-29(25,5)6;/h6-7,9-12,17-19,23H,13-16H2,1-5H3;9,11-14,17-19H,15-16H2,1-8H3;/q2*-1;/i1D3,2D3,3D3,12D,23D;1D3;. The minimum atomic E-state index is -2.72. The largest absolute Gasteiger partial charge is 0.486 e. The smallest absolute Gasteiger partial charge is 0.216 e. The van der Waals surface area contributed by atoms with Gasteiger partial charge in [-0.3, -0.25) is 0 Å². The van der Waals surface area contributed by atoms with Gasteiger partial charge in [-0.05, 0) is 160 Å². The van der Waals surface area contributed by atoms with E-state index in [1.807, 2.05) is 18.3 Å². The van der Waals surface area contributed by atoms with E-state index in [0.717, 1.165) is 59.8 Å². The molecule has 2 aliphatic carbocycles. The maximum atomic E-state index is 9.25. The summed E-state index contributed by atoms with van der Waals surface area (Å²) < 4.78 is 122. The number of rotatable bonds is 5. The van der Waals surface area contributed by atoms with Crippen LogP contribution in [0.1, 0.15) is 171 Å². The molecule has 353 valence electrons. The van der Waals surface area contributed by atoms with Crippen LogP contribution in [0.15, 0.2) is 108 Å². The minimum Gasteiger partial charge on any atom is -0.486 e. The van der Waals surface area contributed by atoms with Crippen LogP contribution in [0.3, 0.4) is 0 Å². The van der Waals surface area contributed by atoms with Crippen molar-refractivity contribution in [1.82, 2.24) is 15.0 Å². The quantitative estimate of drug-likeness (QED) is 0.161. The number of aryl methyl sites for hydroxylation is 4. The van der Waals surface area contributed by atoms with Gasteiger partial charge in [-0.25, -0.2) is 4.98 Å². The Morgan fingerprint density at radius 1 is 0.691 bits per heavy atom. The summed E-state index contributed by atoms with van der Waals surface area (Å²) >= 11 is 0. The van der Waals surface area contributed by atoms with Crippen molar-refractivity contribution in [3.8, 4) is 44.8 Å². The van der Waals surface area contributed by atoms with E-state index in [0.29, 0.717) is 40.3 Å². The third-order valence-corrected chi connectivity index (χ3v) is 14.3. The Kier molecular flexibility index (Phi) is 9.34. The molecule has 10 rings (SSSR count). The molecule has 4 aromatic heterocycles. The van der Waals surface area contributed by atoms with Crippen LogP contribution in [0.2, 0.25) is 0 Å². The minimum absolute atomic E-state index is 0. The maximum absolute atomic E-state index is 9.25. The van der Waals surface area contributed by atoms with Crippen molar-refractivity contribution in [2.24, 2.45) is 5.41 Å². The molecule has 1 radical (unpaired) electrons. The fraction of sp³-hybridized carbons (Fsp3) is 0.381. The first-order chi connectivity index (χ1) is 37.3. The number of hydrogen-bond donors (Lipinski definition) is 0. The summed E-state index contributed by atoms with van der Waals surface area (Å²) in [4.78, 5) is 13.3. The Morgan fingerprint density at radius 3 is 2.15 bits per heavy atom. The molecule has 5 heteroatoms. The van der Waals surface area contributed by atoms with Crippen molar-refractivity contribution >= 4 is 22.1 Å². The molecule has 0 N–H and O–H groups in total. The van der Waals surface area contributed by atoms with Crippen molar-refractivity contribution in [2.75, 3.05) is 0 Å². The molecule has 0 bridgehead atoms. The van der Waals surface area contributed by atoms with Crippen molar-refractivity contribution in [3.63, 3.8) is 0 Å². The molecular weight excluding hydrogens is 1010 g/mol. The average molecular weight is 1090 g/mol. The average Bonchev–Trinajstić information content (AvgIpc) is 3.94. The summed E-state index contributed by atoms with van der Waals surface area (Å²) in [6.07, 6.45) is 7.91. The molecule has 8 aromatic rings. The predicted molar refractivity (Wildman–Crippen MR) is 281 cm³/mol. The summed E-state index contributed by atoms with van der Waals surface area (Å²) in [5, 5.41) is 1.17. The van der Waals surface area contributed by atoms with Gasteiger partial charge in [0.1, 0.15) is 0 Å². The van der Waals surface area contributed by atoms with Crippen LogP contribution in [0.4, 0.5) is 0 Å². The molecule has 0 atom stereocenters. The second-order valence-corrected chi connectivity index (χ2v) is 21.7. The fourth-order valence-corrected chi connectivity index (χ4v) is 9.68. The molecule has 0 aliphatic heterocycles. The molecule has 0 saturated heterocycles. The molecule has 1 fully saturated rings. The fourth-order valence-electron chi connectivity index (χ4n) is 9.68. The molecule has 1 saturated carbocycles. The van der Waals surface area contributed by atoms with Gasteiger partial charge in [-0.15, -0.1) is 47.5 Å². The van der Waals surface area contributed by atoms with Gasteiger partial charge in [0.25, 0.3) is 0 Å². The maximum Gasteiger partial charge on any atom is 0.216 e. The van der Waals surface area contributed by atoms with Crippen LogP contribution in [-0.2, 0) is 36.4 Å². The molecule has 4 aromatic carbocycles. The second kappa shape index (κ2) is 18.6. The van der Waals surface area contributed by atoms with Gasteiger partial charge in [0.2, 0.25) is 5.71 Å². The Bertz CT molecular complexity index is 3700. The van der Waals surface area contributed by atoms with E-state index in [2.05, 4.69) is 114 Å². The van der Waals surface area contributed by atoms with Gasteiger partial charge >= 0.3 is 0 Å². The first-order valence-corrected chi connectivity index (χ1v) is 23.4. The van der Waals surface area contributed by atoms with Crippen LogP contribution >= 0.6 is 0 Å². The zero-order valence-electron chi connectivity index (χ0n) is 54.6. The van der Waals surface area contributed by atoms with Gasteiger partial charge in [0.15, 0.2) is 0 Å². The third-order valence-electron chi connectivity index (χ3n) is 14.3. The van der Waals surface area contributed by atoms with Gasteiger partial charge < -0.3 is 14.4 Å². The topological polar surface area (TPSA) is 51.8 Å². The Morgan fingerprint density at radius 2 is 1.44 bits per heavy atom. The van der Waals surface area contributed by atoms with Crippen LogP contribution in [0.25, 0.3) is 66.8 Å². The van der Waals surface area contributed by atoms with E-state index in [1.165, 1.54) is 35.4 Å². The summed E-state index contributed by atoms with van der Waals surface area (Å²) in [6.45, 7) is 9.88. The Labute approximate surface area is 439 Å². The normalized spacial score (nSPS) is 20.7. The summed E-state index contributed by atoms with van der Waals surface area (Å²) in [5.74, 6) is -1.07. The third kappa shape index (κ3) is 9.81. The number of benzene rings is 4. The van der Waals surface area contributed by atoms with Crippen LogP contribution in [-0.4, -0.2) is 15.0 Å². The van der Waals surface area contributed by atoms with Gasteiger partial charge in [-0.1, -0.05) is 140 Å². The van der Waals surface area contributed by atoms with Gasteiger partial charge in [0, 0.05) is 61.4 Å². The van der Waals surface area contributed by atoms with E-state index in [1.54, 1.807) is 24.3 Å². The molecule has 0 amide bonds. The SMILES string of the molecule is [2H]C([2H])([2H])c1c[c-]c(-c2ccc(C(C)(C)C)cn2)cc1-c1ccc2c(c1)C(C)(C)CCC2(C)C.[2H]c1cc(C2([2H])CCC(C)(C)CC2)cc(C([2H])([2H])[2H])c1-c1cc(-c2[c-]ccc3c2oc2nc(C([2H])([2H])[2H])ccc23)ncc1C([2H])([2H])[2H].[Ir]. The number of hydrogen-bond acceptors (Lipinski definition) is 4. The predicted octanol–water partition coefficient (Wildman–Crippen LogP) is 17.3.